The van der Waals surface area contributed by atoms with Crippen molar-refractivity contribution < 1.29 is 18.7 Å². The van der Waals surface area contributed by atoms with Gasteiger partial charge in [-0.3, -0.25) is 4.79 Å². The molecule has 1 heterocycles. The summed E-state index contributed by atoms with van der Waals surface area (Å²) in [5.74, 6) is -0.0104. The standard InChI is InChI=1S/C11H14O4/c1-8(2)3-5-15-11(13)9-4-6-14-10(9)7-12/h4,6-8H,3,5H2,1-2H3. The fourth-order valence-corrected chi connectivity index (χ4v) is 1.05. The van der Waals surface area contributed by atoms with Gasteiger partial charge in [-0.2, -0.15) is 0 Å². The van der Waals surface area contributed by atoms with E-state index in [9.17, 15) is 9.59 Å². The Morgan fingerprint density at radius 2 is 2.33 bits per heavy atom. The third kappa shape index (κ3) is 3.23. The van der Waals surface area contributed by atoms with Crippen molar-refractivity contribution in [3.05, 3.63) is 23.7 Å². The quantitative estimate of drug-likeness (QED) is 0.552. The van der Waals surface area contributed by atoms with Crippen LogP contribution in [0.5, 0.6) is 0 Å². The Morgan fingerprint density at radius 1 is 1.60 bits per heavy atom. The van der Waals surface area contributed by atoms with Crippen molar-refractivity contribution in [2.75, 3.05) is 6.61 Å². The number of rotatable bonds is 5. The first-order valence-electron chi connectivity index (χ1n) is 4.85. The van der Waals surface area contributed by atoms with Crippen molar-refractivity contribution >= 4 is 12.3 Å². The number of esters is 1. The summed E-state index contributed by atoms with van der Waals surface area (Å²) in [6.07, 6.45) is 2.60. The minimum absolute atomic E-state index is 0.0181. The highest BCUT2D eigenvalue weighted by Gasteiger charge is 2.15. The Balaban J connectivity index is 2.50. The van der Waals surface area contributed by atoms with Gasteiger partial charge in [0, 0.05) is 0 Å². The van der Waals surface area contributed by atoms with Crippen LogP contribution in [0.15, 0.2) is 16.7 Å². The predicted molar refractivity (Wildman–Crippen MR) is 53.8 cm³/mol. The van der Waals surface area contributed by atoms with E-state index in [0.717, 1.165) is 6.42 Å². The van der Waals surface area contributed by atoms with E-state index in [1.54, 1.807) is 0 Å². The molecule has 0 aliphatic carbocycles. The zero-order chi connectivity index (χ0) is 11.3. The molecule has 0 unspecified atom stereocenters. The molecule has 0 N–H and O–H groups in total. The summed E-state index contributed by atoms with van der Waals surface area (Å²) in [4.78, 5) is 21.9. The van der Waals surface area contributed by atoms with Gasteiger partial charge in [-0.05, 0) is 18.4 Å². The Morgan fingerprint density at radius 3 is 2.93 bits per heavy atom. The molecule has 0 saturated heterocycles. The molecule has 0 spiro atoms. The van der Waals surface area contributed by atoms with Gasteiger partial charge in [0.15, 0.2) is 12.0 Å². The molecule has 0 radical (unpaired) electrons. The van der Waals surface area contributed by atoms with Crippen LogP contribution in [0, 0.1) is 5.92 Å². The maximum absolute atomic E-state index is 11.4. The molecule has 0 aromatic carbocycles. The molecule has 82 valence electrons. The van der Waals surface area contributed by atoms with Crippen molar-refractivity contribution in [3.8, 4) is 0 Å². The zero-order valence-electron chi connectivity index (χ0n) is 8.86. The van der Waals surface area contributed by atoms with Crippen molar-refractivity contribution in [2.45, 2.75) is 20.3 Å². The smallest absolute Gasteiger partial charge is 0.342 e. The summed E-state index contributed by atoms with van der Waals surface area (Å²) < 4.78 is 9.78. The molecule has 0 atom stereocenters. The Labute approximate surface area is 88.2 Å². The van der Waals surface area contributed by atoms with E-state index in [-0.39, 0.29) is 11.3 Å². The van der Waals surface area contributed by atoms with Gasteiger partial charge in [0.05, 0.1) is 12.9 Å². The second kappa shape index (κ2) is 5.34. The van der Waals surface area contributed by atoms with Crippen LogP contribution >= 0.6 is 0 Å². The monoisotopic (exact) mass is 210 g/mol. The minimum atomic E-state index is -0.508. The summed E-state index contributed by atoms with van der Waals surface area (Å²) in [5.41, 5.74) is 0.189. The topological polar surface area (TPSA) is 56.5 Å². The molecule has 1 aromatic rings. The molecule has 15 heavy (non-hydrogen) atoms. The number of aldehydes is 1. The van der Waals surface area contributed by atoms with Gasteiger partial charge in [-0.15, -0.1) is 0 Å². The van der Waals surface area contributed by atoms with Crippen LogP contribution in [-0.2, 0) is 4.74 Å². The van der Waals surface area contributed by atoms with E-state index in [1.807, 2.05) is 13.8 Å². The lowest BCUT2D eigenvalue weighted by atomic mass is 10.1. The average molecular weight is 210 g/mol. The van der Waals surface area contributed by atoms with Crippen LogP contribution < -0.4 is 0 Å². The van der Waals surface area contributed by atoms with Gasteiger partial charge < -0.3 is 9.15 Å². The molecule has 0 fully saturated rings. The van der Waals surface area contributed by atoms with Gasteiger partial charge in [0.2, 0.25) is 0 Å². The van der Waals surface area contributed by atoms with Crippen molar-refractivity contribution in [1.29, 1.82) is 0 Å². The lowest BCUT2D eigenvalue weighted by Gasteiger charge is -2.05. The number of hydrogen-bond donors (Lipinski definition) is 0. The second-order valence-electron chi connectivity index (χ2n) is 3.63. The number of furan rings is 1. The molecule has 1 rings (SSSR count). The number of carbonyl (C=O) groups is 2. The van der Waals surface area contributed by atoms with Gasteiger partial charge >= 0.3 is 5.97 Å². The van der Waals surface area contributed by atoms with E-state index in [1.165, 1.54) is 12.3 Å². The lowest BCUT2D eigenvalue weighted by Crippen LogP contribution is -2.08. The highest BCUT2D eigenvalue weighted by Crippen LogP contribution is 2.10. The van der Waals surface area contributed by atoms with Crippen molar-refractivity contribution in [1.82, 2.24) is 0 Å². The van der Waals surface area contributed by atoms with Gasteiger partial charge in [-0.1, -0.05) is 13.8 Å². The summed E-state index contributed by atoms with van der Waals surface area (Å²) in [6.45, 7) is 4.45. The Bertz CT molecular complexity index is 338. The van der Waals surface area contributed by atoms with E-state index in [4.69, 9.17) is 9.15 Å². The number of ether oxygens (including phenoxy) is 1. The normalized spacial score (nSPS) is 10.3. The van der Waals surface area contributed by atoms with Crippen LogP contribution in [0.2, 0.25) is 0 Å². The summed E-state index contributed by atoms with van der Waals surface area (Å²) >= 11 is 0. The van der Waals surface area contributed by atoms with Gasteiger partial charge in [-0.25, -0.2) is 4.79 Å². The van der Waals surface area contributed by atoms with E-state index < -0.39 is 5.97 Å². The first kappa shape index (κ1) is 11.5. The van der Waals surface area contributed by atoms with Crippen molar-refractivity contribution in [3.63, 3.8) is 0 Å². The molecule has 0 saturated carbocycles. The van der Waals surface area contributed by atoms with Crippen LogP contribution in [0.25, 0.3) is 0 Å². The van der Waals surface area contributed by atoms with Crippen LogP contribution in [0.4, 0.5) is 0 Å². The molecule has 4 nitrogen and oxygen atoms in total. The minimum Gasteiger partial charge on any atom is -0.462 e. The fourth-order valence-electron chi connectivity index (χ4n) is 1.05. The Kier molecular flexibility index (Phi) is 4.09. The SMILES string of the molecule is CC(C)CCOC(=O)c1ccoc1C=O. The Hall–Kier alpha value is -1.58. The van der Waals surface area contributed by atoms with Gasteiger partial charge in [0.25, 0.3) is 0 Å². The number of hydrogen-bond acceptors (Lipinski definition) is 4. The lowest BCUT2D eigenvalue weighted by molar-refractivity contribution is 0.0484. The zero-order valence-corrected chi connectivity index (χ0v) is 8.86. The third-order valence-electron chi connectivity index (χ3n) is 1.95. The molecule has 0 amide bonds. The molecule has 0 aliphatic heterocycles. The summed E-state index contributed by atoms with van der Waals surface area (Å²) in [5, 5.41) is 0. The predicted octanol–water partition coefficient (Wildman–Crippen LogP) is 2.29. The van der Waals surface area contributed by atoms with Crippen molar-refractivity contribution in [2.24, 2.45) is 5.92 Å². The fraction of sp³-hybridized carbons (Fsp3) is 0.455. The molecule has 4 heteroatoms. The molecule has 0 aliphatic rings. The molecule has 1 aromatic heterocycles. The average Bonchev–Trinajstić information content (AvgIpc) is 2.64. The largest absolute Gasteiger partial charge is 0.462 e. The van der Waals surface area contributed by atoms with Crippen LogP contribution in [-0.4, -0.2) is 18.9 Å². The number of carbonyl (C=O) groups excluding carboxylic acids is 2. The van der Waals surface area contributed by atoms with Gasteiger partial charge in [0.1, 0.15) is 5.56 Å². The van der Waals surface area contributed by atoms with E-state index >= 15 is 0 Å². The summed E-state index contributed by atoms with van der Waals surface area (Å²) in [7, 11) is 0. The van der Waals surface area contributed by atoms with Crippen LogP contribution in [0.3, 0.4) is 0 Å². The molecule has 0 bridgehead atoms. The highest BCUT2D eigenvalue weighted by atomic mass is 16.5. The second-order valence-corrected chi connectivity index (χ2v) is 3.63. The first-order valence-corrected chi connectivity index (χ1v) is 4.85. The maximum Gasteiger partial charge on any atom is 0.342 e. The molecular weight excluding hydrogens is 196 g/mol. The maximum atomic E-state index is 11.4. The first-order chi connectivity index (χ1) is 7.15. The highest BCUT2D eigenvalue weighted by molar-refractivity contribution is 5.96. The van der Waals surface area contributed by atoms with E-state index in [0.29, 0.717) is 18.8 Å². The molecular formula is C11H14O4. The summed E-state index contributed by atoms with van der Waals surface area (Å²) in [6, 6.07) is 1.43. The van der Waals surface area contributed by atoms with E-state index in [2.05, 4.69) is 0 Å². The van der Waals surface area contributed by atoms with Crippen LogP contribution in [0.1, 0.15) is 41.2 Å². The third-order valence-corrected chi connectivity index (χ3v) is 1.95.